The summed E-state index contributed by atoms with van der Waals surface area (Å²) < 4.78 is 63.9. The monoisotopic (exact) mass is 1060 g/mol. The Morgan fingerprint density at radius 1 is 0.694 bits per heavy atom. The maximum absolute atomic E-state index is 13.8. The number of amides is 1. The Hall–Kier alpha value is -2.18. The third-order valence-electron chi connectivity index (χ3n) is 14.0. The molecule has 1 unspecified atom stereocenters. The van der Waals surface area contributed by atoms with Gasteiger partial charge in [-0.05, 0) is 80.6 Å². The number of rotatable bonds is 39. The van der Waals surface area contributed by atoms with Gasteiger partial charge in [0.25, 0.3) is 5.91 Å². The molecule has 1 heterocycles. The summed E-state index contributed by atoms with van der Waals surface area (Å²) in [5.74, 6) is -1.67. The molecule has 72 heavy (non-hydrogen) atoms. The number of aryl methyl sites for hydroxylation is 2. The van der Waals surface area contributed by atoms with Crippen LogP contribution in [0, 0.1) is 0 Å². The predicted octanol–water partition coefficient (Wildman–Crippen LogP) is 12.8. The molecular formula is C56H94NNaO12SSi. The molecule has 0 saturated carbocycles. The van der Waals surface area contributed by atoms with E-state index < -0.39 is 67.3 Å². The van der Waals surface area contributed by atoms with Gasteiger partial charge in [0, 0.05) is 19.3 Å². The van der Waals surface area contributed by atoms with Crippen LogP contribution in [0.5, 0.6) is 0 Å². The van der Waals surface area contributed by atoms with Crippen molar-refractivity contribution in [2.45, 2.75) is 256 Å². The minimum absolute atomic E-state index is 0. The van der Waals surface area contributed by atoms with Crippen LogP contribution in [0.4, 0.5) is 0 Å². The van der Waals surface area contributed by atoms with Gasteiger partial charge >= 0.3 is 51.9 Å². The molecule has 1 aliphatic heterocycles. The van der Waals surface area contributed by atoms with E-state index in [0.29, 0.717) is 25.7 Å². The molecule has 2 N–H and O–H groups in total. The maximum atomic E-state index is 13.8. The first-order valence-corrected chi connectivity index (χ1v) is 31.6. The van der Waals surface area contributed by atoms with E-state index in [1.807, 2.05) is 25.2 Å². The molecule has 3 rings (SSSR count). The molecular weight excluding hydrogens is 962 g/mol. The zero-order chi connectivity index (χ0) is 51.8. The Morgan fingerprint density at radius 3 is 1.64 bits per heavy atom. The van der Waals surface area contributed by atoms with Crippen molar-refractivity contribution < 1.29 is 55.0 Å². The molecule has 1 aliphatic rings. The number of ether oxygens (including phenoxy) is 3. The number of nitrogens with one attached hydrogen (secondary N) is 1. The van der Waals surface area contributed by atoms with Gasteiger partial charge in [-0.1, -0.05) is 198 Å². The average molecular weight is 1060 g/mol. The number of hydrogen-bond donors (Lipinski definition) is 2. The Kier molecular flexibility index (Phi) is 34.4. The van der Waals surface area contributed by atoms with Crippen molar-refractivity contribution in [3.63, 3.8) is 0 Å². The fourth-order valence-electron chi connectivity index (χ4n) is 8.58. The summed E-state index contributed by atoms with van der Waals surface area (Å²) in [4.78, 5) is 46.2. The third-order valence-corrected chi connectivity index (χ3v) is 18.9. The summed E-state index contributed by atoms with van der Waals surface area (Å²) in [5, 5.41) is -0.220. The molecule has 13 nitrogen and oxygen atoms in total. The van der Waals surface area contributed by atoms with Crippen LogP contribution in [0.3, 0.4) is 0 Å². The molecule has 16 heteroatoms. The van der Waals surface area contributed by atoms with Crippen molar-refractivity contribution >= 4 is 66.1 Å². The van der Waals surface area contributed by atoms with E-state index >= 15 is 0 Å². The number of unbranched alkanes of at least 4 members (excludes halogenated alkanes) is 19. The van der Waals surface area contributed by atoms with Crippen LogP contribution in [0.1, 0.15) is 206 Å². The summed E-state index contributed by atoms with van der Waals surface area (Å²) in [6, 6.07) is 20.9. The molecule has 0 spiro atoms. The minimum atomic E-state index is -5.04. The first-order valence-electron chi connectivity index (χ1n) is 27.3. The topological polar surface area (TPSA) is 173 Å². The van der Waals surface area contributed by atoms with Crippen molar-refractivity contribution in [3.05, 3.63) is 71.8 Å². The molecule has 1 fully saturated rings. The fraction of sp³-hybridized carbons (Fsp3) is 0.732. The number of hydrogen-bond acceptors (Lipinski definition) is 11. The summed E-state index contributed by atoms with van der Waals surface area (Å²) >= 11 is 0. The van der Waals surface area contributed by atoms with Crippen LogP contribution in [0.25, 0.3) is 0 Å². The Labute approximate surface area is 458 Å². The summed E-state index contributed by atoms with van der Waals surface area (Å²) in [5.41, 5.74) is 5.13. The van der Waals surface area contributed by atoms with Crippen molar-refractivity contribution in [2.75, 3.05) is 6.61 Å². The third kappa shape index (κ3) is 29.8. The molecule has 0 aliphatic carbocycles. The van der Waals surface area contributed by atoms with E-state index in [4.69, 9.17) is 27.7 Å². The predicted molar refractivity (Wildman–Crippen MR) is 290 cm³/mol. The molecule has 0 bridgehead atoms. The van der Waals surface area contributed by atoms with E-state index in [9.17, 15) is 27.4 Å². The Morgan fingerprint density at radius 2 is 1.15 bits per heavy atom. The summed E-state index contributed by atoms with van der Waals surface area (Å²) in [6.07, 6.45) is 18.8. The van der Waals surface area contributed by atoms with Gasteiger partial charge in [-0.2, -0.15) is 8.42 Å². The van der Waals surface area contributed by atoms with Gasteiger partial charge in [-0.15, -0.1) is 0 Å². The average Bonchev–Trinajstić information content (AvgIpc) is 3.32. The van der Waals surface area contributed by atoms with Gasteiger partial charge in [0.2, 0.25) is 0 Å². The second-order valence-corrected chi connectivity index (χ2v) is 27.0. The van der Waals surface area contributed by atoms with Gasteiger partial charge < -0.3 is 18.6 Å². The first-order chi connectivity index (χ1) is 34.0. The number of benzene rings is 2. The van der Waals surface area contributed by atoms with Crippen LogP contribution >= 0.6 is 0 Å². The Bertz CT molecular complexity index is 1850. The van der Waals surface area contributed by atoms with Crippen LogP contribution in [-0.4, -0.2) is 106 Å². The quantitative estimate of drug-likeness (QED) is 0.0214. The van der Waals surface area contributed by atoms with Crippen LogP contribution in [-0.2, 0) is 65.3 Å². The van der Waals surface area contributed by atoms with Crippen LogP contribution in [0.2, 0.25) is 18.1 Å². The first kappa shape index (κ1) is 65.9. The van der Waals surface area contributed by atoms with Crippen molar-refractivity contribution in [1.29, 1.82) is 0 Å². The van der Waals surface area contributed by atoms with E-state index in [2.05, 4.69) is 81.7 Å². The molecule has 5 atom stereocenters. The standard InChI is InChI=1S/C56H93NO12SSi.Na.H/c1-7-8-9-10-11-12-13-14-21-32-41-48(65-51(58)42-33-22-17-15-19-26-35-46-37-28-24-29-38-46)55(60)57-68-53-44-49(54(69-70(61,62)63)50(67-53)45-64-71(5,6)56(2,3)4)66-52(59)43-34-23-18-16-20-27-36-47-39-30-25-31-40-47;;/h24-25,28-31,37-40,48-50,53-54H,7-23,26-27,32-36,41-45H2,1-6H3,(H,57,60)(H,61,62,63);;/t48?,49-,50-,53-,54+;;/m1../s1. The molecule has 0 radical (unpaired) electrons. The fourth-order valence-corrected chi connectivity index (χ4v) is 10.1. The van der Waals surface area contributed by atoms with E-state index in [0.717, 1.165) is 96.3 Å². The zero-order valence-electron chi connectivity index (χ0n) is 44.5. The van der Waals surface area contributed by atoms with Gasteiger partial charge in [0.05, 0.1) is 6.61 Å². The van der Waals surface area contributed by atoms with E-state index in [1.54, 1.807) is 0 Å². The zero-order valence-corrected chi connectivity index (χ0v) is 46.3. The second-order valence-electron chi connectivity index (χ2n) is 21.2. The molecule has 2 aromatic carbocycles. The SMILES string of the molecule is CCCCCCCCCCCCC(OC(=O)CCCCCCCCc1ccccc1)C(=O)NO[C@@H]1C[C@@H](OC(=O)CCCCCCCCc2ccccc2)[C@H](OS(=O)(=O)O)[C@@H](CO[Si](C)(C)C(C)(C)C)O1.[NaH]. The summed E-state index contributed by atoms with van der Waals surface area (Å²) in [7, 11) is -7.49. The Balaban J connectivity index is 0.0000178. The number of carbonyl (C=O) groups is 3. The normalized spacial score (nSPS) is 17.7. The molecule has 0 aromatic heterocycles. The number of esters is 2. The molecule has 1 amide bonds. The van der Waals surface area contributed by atoms with Gasteiger partial charge in [-0.3, -0.25) is 18.9 Å². The van der Waals surface area contributed by atoms with Crippen molar-refractivity contribution in [3.8, 4) is 0 Å². The molecule has 1 saturated heterocycles. The number of hydroxylamine groups is 1. The van der Waals surface area contributed by atoms with Gasteiger partial charge in [-0.25, -0.2) is 14.5 Å². The number of carbonyl (C=O) groups excluding carboxylic acids is 3. The van der Waals surface area contributed by atoms with Crippen LogP contribution < -0.4 is 5.48 Å². The second kappa shape index (κ2) is 37.5. The molecule has 406 valence electrons. The van der Waals surface area contributed by atoms with Gasteiger partial charge in [0.1, 0.15) is 18.3 Å². The van der Waals surface area contributed by atoms with Gasteiger partial charge in [0.15, 0.2) is 20.7 Å². The van der Waals surface area contributed by atoms with Crippen LogP contribution in [0.15, 0.2) is 60.7 Å². The molecule has 2 aromatic rings. The van der Waals surface area contributed by atoms with E-state index in [-0.39, 0.29) is 60.5 Å². The van der Waals surface area contributed by atoms with Crippen molar-refractivity contribution in [2.24, 2.45) is 0 Å². The van der Waals surface area contributed by atoms with Crippen molar-refractivity contribution in [1.82, 2.24) is 5.48 Å². The van der Waals surface area contributed by atoms with E-state index in [1.165, 1.54) is 49.7 Å². The summed E-state index contributed by atoms with van der Waals surface area (Å²) in [6.45, 7) is 12.2.